The van der Waals surface area contributed by atoms with E-state index >= 15 is 0 Å². The van der Waals surface area contributed by atoms with Crippen LogP contribution in [0.5, 0.6) is 0 Å². The molecule has 15 heavy (non-hydrogen) atoms. The minimum absolute atomic E-state index is 0.144. The molecule has 0 aliphatic heterocycles. The molecule has 0 atom stereocenters. The summed E-state index contributed by atoms with van der Waals surface area (Å²) in [5.41, 5.74) is 11.9. The van der Waals surface area contributed by atoms with Crippen molar-refractivity contribution in [2.75, 3.05) is 12.3 Å². The maximum Gasteiger partial charge on any atom is 0.338 e. The van der Waals surface area contributed by atoms with E-state index in [0.717, 1.165) is 0 Å². The number of carbonyl (C=O) groups is 1. The third kappa shape index (κ3) is 2.82. The van der Waals surface area contributed by atoms with Gasteiger partial charge < -0.3 is 16.6 Å². The number of hydrogen-bond acceptors (Lipinski definition) is 3. The standard InChI is InChI=1S/C11H14N2O2/c12-7-2-1-4-8-5-3-6-9(13)10(8)11(14)15/h1,3-6H,2,7,12-13H2,(H,14,15). The zero-order valence-corrected chi connectivity index (χ0v) is 8.31. The maximum absolute atomic E-state index is 10.9. The average molecular weight is 206 g/mol. The highest BCUT2D eigenvalue weighted by Gasteiger charge is 2.10. The van der Waals surface area contributed by atoms with Crippen molar-refractivity contribution < 1.29 is 9.90 Å². The van der Waals surface area contributed by atoms with Gasteiger partial charge in [-0.05, 0) is 24.6 Å². The summed E-state index contributed by atoms with van der Waals surface area (Å²) in [6.07, 6.45) is 4.28. The van der Waals surface area contributed by atoms with Gasteiger partial charge in [0.25, 0.3) is 0 Å². The summed E-state index contributed by atoms with van der Waals surface area (Å²) in [6.45, 7) is 0.543. The number of nitrogen functional groups attached to an aromatic ring is 1. The van der Waals surface area contributed by atoms with Crippen LogP contribution in [0.15, 0.2) is 24.3 Å². The summed E-state index contributed by atoms with van der Waals surface area (Å²) in [5, 5.41) is 8.96. The van der Waals surface area contributed by atoms with Crippen molar-refractivity contribution in [3.05, 3.63) is 35.4 Å². The molecule has 0 bridgehead atoms. The highest BCUT2D eigenvalue weighted by Crippen LogP contribution is 2.18. The number of anilines is 1. The molecule has 1 aromatic carbocycles. The molecule has 0 aliphatic rings. The van der Waals surface area contributed by atoms with E-state index in [1.54, 1.807) is 24.3 Å². The fourth-order valence-corrected chi connectivity index (χ4v) is 1.28. The number of benzene rings is 1. The summed E-state index contributed by atoms with van der Waals surface area (Å²) in [4.78, 5) is 10.9. The largest absolute Gasteiger partial charge is 0.478 e. The molecule has 0 aromatic heterocycles. The second-order valence-electron chi connectivity index (χ2n) is 3.10. The van der Waals surface area contributed by atoms with Crippen LogP contribution in [0.2, 0.25) is 0 Å². The quantitative estimate of drug-likeness (QED) is 0.648. The first-order valence-corrected chi connectivity index (χ1v) is 4.65. The molecule has 0 saturated carbocycles. The van der Waals surface area contributed by atoms with Crippen molar-refractivity contribution in [1.29, 1.82) is 0 Å². The lowest BCUT2D eigenvalue weighted by Gasteiger charge is -2.04. The molecule has 0 saturated heterocycles. The number of carboxylic acids is 1. The molecule has 1 aromatic rings. The summed E-state index contributed by atoms with van der Waals surface area (Å²) in [6, 6.07) is 5.01. The number of aromatic carboxylic acids is 1. The van der Waals surface area contributed by atoms with Crippen LogP contribution in [0.3, 0.4) is 0 Å². The Morgan fingerprint density at radius 3 is 2.80 bits per heavy atom. The van der Waals surface area contributed by atoms with E-state index in [1.807, 2.05) is 6.08 Å². The van der Waals surface area contributed by atoms with Gasteiger partial charge in [-0.15, -0.1) is 0 Å². The summed E-state index contributed by atoms with van der Waals surface area (Å²) in [5.74, 6) is -1.01. The van der Waals surface area contributed by atoms with Gasteiger partial charge in [0.2, 0.25) is 0 Å². The van der Waals surface area contributed by atoms with E-state index in [1.165, 1.54) is 0 Å². The van der Waals surface area contributed by atoms with Gasteiger partial charge in [0, 0.05) is 5.69 Å². The SMILES string of the molecule is NCCC=Cc1cccc(N)c1C(=O)O. The molecule has 0 heterocycles. The third-order valence-corrected chi connectivity index (χ3v) is 1.97. The van der Waals surface area contributed by atoms with Crippen LogP contribution in [-0.4, -0.2) is 17.6 Å². The van der Waals surface area contributed by atoms with Crippen molar-refractivity contribution >= 4 is 17.7 Å². The molecule has 0 fully saturated rings. The molecule has 4 nitrogen and oxygen atoms in total. The number of nitrogens with two attached hydrogens (primary N) is 2. The van der Waals surface area contributed by atoms with Crippen LogP contribution in [0.1, 0.15) is 22.3 Å². The lowest BCUT2D eigenvalue weighted by Crippen LogP contribution is -2.04. The van der Waals surface area contributed by atoms with E-state index in [9.17, 15) is 4.79 Å². The summed E-state index contributed by atoms with van der Waals surface area (Å²) in [7, 11) is 0. The van der Waals surface area contributed by atoms with Gasteiger partial charge in [0.15, 0.2) is 0 Å². The molecular formula is C11H14N2O2. The van der Waals surface area contributed by atoms with Gasteiger partial charge in [0.1, 0.15) is 0 Å². The fourth-order valence-electron chi connectivity index (χ4n) is 1.28. The van der Waals surface area contributed by atoms with Gasteiger partial charge in [-0.3, -0.25) is 0 Å². The van der Waals surface area contributed by atoms with Gasteiger partial charge in [-0.25, -0.2) is 4.79 Å². The first-order valence-electron chi connectivity index (χ1n) is 4.65. The third-order valence-electron chi connectivity index (χ3n) is 1.97. The molecule has 5 N–H and O–H groups in total. The molecule has 0 radical (unpaired) electrons. The van der Waals surface area contributed by atoms with Crippen molar-refractivity contribution in [1.82, 2.24) is 0 Å². The Hall–Kier alpha value is -1.81. The lowest BCUT2D eigenvalue weighted by atomic mass is 10.0. The number of rotatable bonds is 4. The first-order chi connectivity index (χ1) is 7.16. The van der Waals surface area contributed by atoms with Crippen LogP contribution in [0.4, 0.5) is 5.69 Å². The van der Waals surface area contributed by atoms with Crippen LogP contribution >= 0.6 is 0 Å². The van der Waals surface area contributed by atoms with Crippen molar-refractivity contribution in [2.24, 2.45) is 5.73 Å². The normalized spacial score (nSPS) is 10.7. The highest BCUT2D eigenvalue weighted by atomic mass is 16.4. The van der Waals surface area contributed by atoms with Gasteiger partial charge in [-0.1, -0.05) is 24.3 Å². The zero-order chi connectivity index (χ0) is 11.3. The summed E-state index contributed by atoms with van der Waals surface area (Å²) >= 11 is 0. The Balaban J connectivity index is 3.06. The Bertz CT molecular complexity index is 386. The topological polar surface area (TPSA) is 89.3 Å². The van der Waals surface area contributed by atoms with Gasteiger partial charge in [0.05, 0.1) is 5.56 Å². The smallest absolute Gasteiger partial charge is 0.338 e. The first kappa shape index (κ1) is 11.3. The van der Waals surface area contributed by atoms with Gasteiger partial charge >= 0.3 is 5.97 Å². The zero-order valence-electron chi connectivity index (χ0n) is 8.31. The molecule has 0 aliphatic carbocycles. The predicted octanol–water partition coefficient (Wildman–Crippen LogP) is 1.33. The Labute approximate surface area is 88.2 Å². The van der Waals surface area contributed by atoms with E-state index in [0.29, 0.717) is 18.5 Å². The lowest BCUT2D eigenvalue weighted by molar-refractivity contribution is 0.0698. The number of carboxylic acid groups (broad SMARTS) is 1. The number of hydrogen-bond donors (Lipinski definition) is 3. The molecule has 80 valence electrons. The van der Waals surface area contributed by atoms with Crippen molar-refractivity contribution in [2.45, 2.75) is 6.42 Å². The van der Waals surface area contributed by atoms with Crippen LogP contribution in [0.25, 0.3) is 6.08 Å². The van der Waals surface area contributed by atoms with E-state index in [2.05, 4.69) is 0 Å². The molecule has 4 heteroatoms. The monoisotopic (exact) mass is 206 g/mol. The molecule has 0 amide bonds. The van der Waals surface area contributed by atoms with Crippen molar-refractivity contribution in [3.63, 3.8) is 0 Å². The van der Waals surface area contributed by atoms with Crippen LogP contribution in [-0.2, 0) is 0 Å². The van der Waals surface area contributed by atoms with Crippen LogP contribution in [0, 0.1) is 0 Å². The fraction of sp³-hybridized carbons (Fsp3) is 0.182. The van der Waals surface area contributed by atoms with E-state index in [-0.39, 0.29) is 11.3 Å². The molecule has 1 rings (SSSR count). The van der Waals surface area contributed by atoms with E-state index < -0.39 is 5.97 Å². The van der Waals surface area contributed by atoms with Gasteiger partial charge in [-0.2, -0.15) is 0 Å². The molecule has 0 unspecified atom stereocenters. The molecular weight excluding hydrogens is 192 g/mol. The van der Waals surface area contributed by atoms with Crippen molar-refractivity contribution in [3.8, 4) is 0 Å². The highest BCUT2D eigenvalue weighted by molar-refractivity contribution is 5.97. The maximum atomic E-state index is 10.9. The Kier molecular flexibility index (Phi) is 3.88. The van der Waals surface area contributed by atoms with Crippen LogP contribution < -0.4 is 11.5 Å². The van der Waals surface area contributed by atoms with E-state index in [4.69, 9.17) is 16.6 Å². The second-order valence-corrected chi connectivity index (χ2v) is 3.10. The predicted molar refractivity (Wildman–Crippen MR) is 60.5 cm³/mol. The minimum atomic E-state index is -1.01. The Morgan fingerprint density at radius 1 is 1.47 bits per heavy atom. The average Bonchev–Trinajstić information content (AvgIpc) is 2.17. The second kappa shape index (κ2) is 5.17. The molecule has 0 spiro atoms. The summed E-state index contributed by atoms with van der Waals surface area (Å²) < 4.78 is 0. The Morgan fingerprint density at radius 2 is 2.20 bits per heavy atom. The minimum Gasteiger partial charge on any atom is -0.478 e.